The van der Waals surface area contributed by atoms with Gasteiger partial charge < -0.3 is 19.9 Å². The van der Waals surface area contributed by atoms with Crippen molar-refractivity contribution in [3.63, 3.8) is 0 Å². The molecule has 132 valence electrons. The average molecular weight is 330 g/mol. The molecule has 1 aromatic carbocycles. The van der Waals surface area contributed by atoms with Crippen LogP contribution in [0.25, 0.3) is 0 Å². The Kier molecular flexibility index (Phi) is 6.35. The van der Waals surface area contributed by atoms with Crippen LogP contribution in [0.4, 0.5) is 5.69 Å². The van der Waals surface area contributed by atoms with Gasteiger partial charge in [0.05, 0.1) is 6.10 Å². The summed E-state index contributed by atoms with van der Waals surface area (Å²) in [4.78, 5) is 9.67. The number of rotatable bonds is 5. The number of ether oxygens (including phenoxy) is 1. The third-order valence-corrected chi connectivity index (χ3v) is 4.77. The highest BCUT2D eigenvalue weighted by molar-refractivity contribution is 5.80. The number of anilines is 1. The van der Waals surface area contributed by atoms with E-state index in [1.807, 2.05) is 0 Å². The van der Waals surface area contributed by atoms with E-state index >= 15 is 0 Å². The highest BCUT2D eigenvalue weighted by atomic mass is 16.5. The molecule has 2 fully saturated rings. The summed E-state index contributed by atoms with van der Waals surface area (Å²) in [5.41, 5.74) is 1.32. The Balaban J connectivity index is 1.51. The van der Waals surface area contributed by atoms with Crippen molar-refractivity contribution in [2.45, 2.75) is 32.3 Å². The standard InChI is InChI=1S/C19H30N4O/c1-2-20-19(21-11-10-18-9-6-16-24-18)23-14-12-22(13-15-23)17-7-4-3-5-8-17/h3-5,7-8,18H,2,6,9-16H2,1H3,(H,20,21). The fourth-order valence-electron chi connectivity index (χ4n) is 3.43. The molecule has 5 heteroatoms. The SMILES string of the molecule is CCNC(=NCCC1CCCO1)N1CCN(c2ccccc2)CC1. The molecule has 0 radical (unpaired) electrons. The topological polar surface area (TPSA) is 40.1 Å². The van der Waals surface area contributed by atoms with Crippen LogP contribution in [-0.4, -0.2) is 62.8 Å². The van der Waals surface area contributed by atoms with Gasteiger partial charge >= 0.3 is 0 Å². The number of aliphatic imine (C=N–C) groups is 1. The maximum absolute atomic E-state index is 5.69. The number of nitrogens with one attached hydrogen (secondary N) is 1. The van der Waals surface area contributed by atoms with Gasteiger partial charge in [0, 0.05) is 51.6 Å². The van der Waals surface area contributed by atoms with Crippen LogP contribution in [0.15, 0.2) is 35.3 Å². The second-order valence-corrected chi connectivity index (χ2v) is 6.47. The van der Waals surface area contributed by atoms with Crippen LogP contribution in [0, 0.1) is 0 Å². The number of hydrogen-bond acceptors (Lipinski definition) is 3. The smallest absolute Gasteiger partial charge is 0.194 e. The molecule has 2 saturated heterocycles. The van der Waals surface area contributed by atoms with Gasteiger partial charge in [0.15, 0.2) is 5.96 Å². The van der Waals surface area contributed by atoms with Crippen LogP contribution in [0.2, 0.25) is 0 Å². The highest BCUT2D eigenvalue weighted by Crippen LogP contribution is 2.16. The van der Waals surface area contributed by atoms with E-state index < -0.39 is 0 Å². The van der Waals surface area contributed by atoms with Crippen molar-refractivity contribution < 1.29 is 4.74 Å². The van der Waals surface area contributed by atoms with E-state index in [0.717, 1.165) is 58.3 Å². The molecule has 0 bridgehead atoms. The summed E-state index contributed by atoms with van der Waals surface area (Å²) in [5.74, 6) is 1.06. The molecule has 0 saturated carbocycles. The summed E-state index contributed by atoms with van der Waals surface area (Å²) in [6.45, 7) is 8.94. The summed E-state index contributed by atoms with van der Waals surface area (Å²) in [6, 6.07) is 10.7. The van der Waals surface area contributed by atoms with Gasteiger partial charge in [0.2, 0.25) is 0 Å². The zero-order valence-corrected chi connectivity index (χ0v) is 14.8. The monoisotopic (exact) mass is 330 g/mol. The molecule has 24 heavy (non-hydrogen) atoms. The molecule has 0 amide bonds. The molecular weight excluding hydrogens is 300 g/mol. The van der Waals surface area contributed by atoms with Gasteiger partial charge in [-0.3, -0.25) is 4.99 Å². The van der Waals surface area contributed by atoms with Gasteiger partial charge in [-0.15, -0.1) is 0 Å². The fourth-order valence-corrected chi connectivity index (χ4v) is 3.43. The zero-order valence-electron chi connectivity index (χ0n) is 14.8. The maximum atomic E-state index is 5.69. The Bertz CT molecular complexity index is 505. The van der Waals surface area contributed by atoms with Crippen LogP contribution in [0.3, 0.4) is 0 Å². The third-order valence-electron chi connectivity index (χ3n) is 4.77. The second-order valence-electron chi connectivity index (χ2n) is 6.47. The molecule has 2 aliphatic rings. The molecule has 0 aromatic heterocycles. The van der Waals surface area contributed by atoms with Crippen molar-refractivity contribution >= 4 is 11.6 Å². The first-order valence-corrected chi connectivity index (χ1v) is 9.31. The van der Waals surface area contributed by atoms with Crippen molar-refractivity contribution in [3.05, 3.63) is 30.3 Å². The first-order valence-electron chi connectivity index (χ1n) is 9.31. The lowest BCUT2D eigenvalue weighted by Gasteiger charge is -2.37. The van der Waals surface area contributed by atoms with E-state index in [2.05, 4.69) is 52.4 Å². The molecule has 0 aliphatic carbocycles. The molecule has 2 aliphatic heterocycles. The first-order chi connectivity index (χ1) is 11.9. The Morgan fingerprint density at radius 2 is 2.00 bits per heavy atom. The molecule has 1 atom stereocenters. The Morgan fingerprint density at radius 1 is 1.21 bits per heavy atom. The predicted octanol–water partition coefficient (Wildman–Crippen LogP) is 2.34. The van der Waals surface area contributed by atoms with Crippen LogP contribution >= 0.6 is 0 Å². The molecule has 2 heterocycles. The van der Waals surface area contributed by atoms with Crippen molar-refractivity contribution in [1.29, 1.82) is 0 Å². The van der Waals surface area contributed by atoms with E-state index in [-0.39, 0.29) is 0 Å². The predicted molar refractivity (Wildman–Crippen MR) is 99.8 cm³/mol. The summed E-state index contributed by atoms with van der Waals surface area (Å²) in [6.07, 6.45) is 3.86. The Labute approximate surface area is 145 Å². The second kappa shape index (κ2) is 8.92. The lowest BCUT2D eigenvalue weighted by Crippen LogP contribution is -2.52. The van der Waals surface area contributed by atoms with Crippen LogP contribution in [0.1, 0.15) is 26.2 Å². The molecule has 0 spiro atoms. The van der Waals surface area contributed by atoms with Gasteiger partial charge in [0.1, 0.15) is 0 Å². The minimum absolute atomic E-state index is 0.423. The quantitative estimate of drug-likeness (QED) is 0.664. The van der Waals surface area contributed by atoms with E-state index in [1.54, 1.807) is 0 Å². The average Bonchev–Trinajstić information content (AvgIpc) is 3.15. The maximum Gasteiger partial charge on any atom is 0.194 e. The largest absolute Gasteiger partial charge is 0.378 e. The van der Waals surface area contributed by atoms with Gasteiger partial charge in [0.25, 0.3) is 0 Å². The molecular formula is C19H30N4O. The zero-order chi connectivity index (χ0) is 16.6. The molecule has 1 unspecified atom stereocenters. The number of benzene rings is 1. The number of para-hydroxylation sites is 1. The van der Waals surface area contributed by atoms with Crippen LogP contribution in [0.5, 0.6) is 0 Å². The first kappa shape index (κ1) is 17.1. The lowest BCUT2D eigenvalue weighted by molar-refractivity contribution is 0.106. The number of guanidine groups is 1. The number of hydrogen-bond donors (Lipinski definition) is 1. The van der Waals surface area contributed by atoms with Crippen molar-refractivity contribution in [3.8, 4) is 0 Å². The Morgan fingerprint density at radius 3 is 2.67 bits per heavy atom. The highest BCUT2D eigenvalue weighted by Gasteiger charge is 2.20. The van der Waals surface area contributed by atoms with E-state index in [0.29, 0.717) is 6.10 Å². The summed E-state index contributed by atoms with van der Waals surface area (Å²) in [7, 11) is 0. The number of piperazine rings is 1. The van der Waals surface area contributed by atoms with Gasteiger partial charge in [-0.2, -0.15) is 0 Å². The van der Waals surface area contributed by atoms with E-state index in [4.69, 9.17) is 9.73 Å². The number of nitrogens with zero attached hydrogens (tertiary/aromatic N) is 3. The van der Waals surface area contributed by atoms with E-state index in [9.17, 15) is 0 Å². The molecule has 1 aromatic rings. The van der Waals surface area contributed by atoms with Crippen molar-refractivity contribution in [1.82, 2.24) is 10.2 Å². The summed E-state index contributed by atoms with van der Waals surface area (Å²) in [5, 5.41) is 3.45. The minimum Gasteiger partial charge on any atom is -0.378 e. The molecule has 3 rings (SSSR count). The normalized spacial score (nSPS) is 22.0. The fraction of sp³-hybridized carbons (Fsp3) is 0.632. The van der Waals surface area contributed by atoms with Crippen molar-refractivity contribution in [2.75, 3.05) is 50.8 Å². The van der Waals surface area contributed by atoms with Crippen LogP contribution < -0.4 is 10.2 Å². The van der Waals surface area contributed by atoms with Gasteiger partial charge in [-0.05, 0) is 38.3 Å². The van der Waals surface area contributed by atoms with Gasteiger partial charge in [-0.1, -0.05) is 18.2 Å². The molecule has 5 nitrogen and oxygen atoms in total. The minimum atomic E-state index is 0.423. The summed E-state index contributed by atoms with van der Waals surface area (Å²) >= 11 is 0. The van der Waals surface area contributed by atoms with Gasteiger partial charge in [-0.25, -0.2) is 0 Å². The van der Waals surface area contributed by atoms with E-state index in [1.165, 1.54) is 18.5 Å². The third kappa shape index (κ3) is 4.63. The lowest BCUT2D eigenvalue weighted by atomic mass is 10.2. The summed E-state index contributed by atoms with van der Waals surface area (Å²) < 4.78 is 5.69. The van der Waals surface area contributed by atoms with Crippen molar-refractivity contribution in [2.24, 2.45) is 4.99 Å². The van der Waals surface area contributed by atoms with Crippen LogP contribution in [-0.2, 0) is 4.74 Å². The molecule has 1 N–H and O–H groups in total. The Hall–Kier alpha value is -1.75.